The molecule has 2 aromatic carbocycles. The Morgan fingerprint density at radius 2 is 1.59 bits per heavy atom. The van der Waals surface area contributed by atoms with Crippen molar-refractivity contribution < 1.29 is 4.79 Å². The van der Waals surface area contributed by atoms with Gasteiger partial charge in [0.25, 0.3) is 0 Å². The summed E-state index contributed by atoms with van der Waals surface area (Å²) >= 11 is 0. The van der Waals surface area contributed by atoms with Gasteiger partial charge in [-0.1, -0.05) is 67.6 Å². The summed E-state index contributed by atoms with van der Waals surface area (Å²) in [5, 5.41) is 6.48. The minimum atomic E-state index is 0.120. The molecule has 0 atom stereocenters. The van der Waals surface area contributed by atoms with E-state index in [1.807, 2.05) is 67.5 Å². The van der Waals surface area contributed by atoms with Crippen molar-refractivity contribution >= 4 is 11.5 Å². The van der Waals surface area contributed by atoms with E-state index in [9.17, 15) is 4.79 Å². The van der Waals surface area contributed by atoms with Crippen LogP contribution in [0, 0.1) is 0 Å². The molecule has 0 saturated carbocycles. The monoisotopic (exact) mass is 294 g/mol. The fraction of sp³-hybridized carbons (Fsp3) is 0.263. The van der Waals surface area contributed by atoms with Crippen LogP contribution in [0.3, 0.4) is 0 Å². The van der Waals surface area contributed by atoms with Crippen LogP contribution < -0.4 is 0 Å². The molecule has 0 N–H and O–H groups in total. The molecule has 0 saturated heterocycles. The van der Waals surface area contributed by atoms with Crippen molar-refractivity contribution in [3.05, 3.63) is 71.8 Å². The van der Waals surface area contributed by atoms with Crippen molar-refractivity contribution in [2.45, 2.75) is 26.3 Å². The summed E-state index contributed by atoms with van der Waals surface area (Å²) in [6, 6.07) is 19.6. The molecule has 114 valence electrons. The number of carbonyl (C=O) groups is 1. The zero-order valence-corrected chi connectivity index (χ0v) is 13.2. The Bertz CT molecular complexity index is 620. The highest BCUT2D eigenvalue weighted by molar-refractivity contribution is 6.09. The third-order valence-corrected chi connectivity index (χ3v) is 3.43. The van der Waals surface area contributed by atoms with E-state index in [-0.39, 0.29) is 5.78 Å². The normalized spacial score (nSPS) is 11.3. The third-order valence-electron chi connectivity index (χ3n) is 3.43. The van der Waals surface area contributed by atoms with Gasteiger partial charge in [-0.15, -0.1) is 0 Å². The number of hydrazone groups is 1. The Labute approximate surface area is 132 Å². The Balaban J connectivity index is 1.99. The van der Waals surface area contributed by atoms with Gasteiger partial charge in [0.05, 0.1) is 13.0 Å². The van der Waals surface area contributed by atoms with Gasteiger partial charge in [-0.3, -0.25) is 9.80 Å². The van der Waals surface area contributed by atoms with Crippen molar-refractivity contribution in [2.24, 2.45) is 5.10 Å². The van der Waals surface area contributed by atoms with Crippen molar-refractivity contribution in [1.29, 1.82) is 0 Å². The van der Waals surface area contributed by atoms with Crippen LogP contribution in [-0.2, 0) is 6.54 Å². The average Bonchev–Trinajstić information content (AvgIpc) is 2.55. The van der Waals surface area contributed by atoms with Crippen LogP contribution >= 0.6 is 0 Å². The maximum Gasteiger partial charge on any atom is 0.168 e. The minimum Gasteiger partial charge on any atom is -0.296 e. The first-order valence-electron chi connectivity index (χ1n) is 7.58. The van der Waals surface area contributed by atoms with Crippen LogP contribution in [0.5, 0.6) is 0 Å². The van der Waals surface area contributed by atoms with E-state index in [1.54, 1.807) is 0 Å². The summed E-state index contributed by atoms with van der Waals surface area (Å²) in [6.45, 7) is 2.78. The summed E-state index contributed by atoms with van der Waals surface area (Å²) in [5.41, 5.74) is 2.86. The number of Topliss-reactive ketones (excluding diaryl/α,β-unsaturated/α-hetero) is 1. The van der Waals surface area contributed by atoms with Gasteiger partial charge in [0, 0.05) is 18.3 Å². The van der Waals surface area contributed by atoms with Gasteiger partial charge in [0.1, 0.15) is 0 Å². The molecule has 0 radical (unpaired) electrons. The second kappa shape index (κ2) is 8.13. The van der Waals surface area contributed by atoms with Crippen LogP contribution in [0.15, 0.2) is 65.8 Å². The zero-order valence-electron chi connectivity index (χ0n) is 13.2. The van der Waals surface area contributed by atoms with Gasteiger partial charge in [-0.25, -0.2) is 0 Å². The number of hydrogen-bond acceptors (Lipinski definition) is 3. The lowest BCUT2D eigenvalue weighted by Gasteiger charge is -2.15. The van der Waals surface area contributed by atoms with Crippen molar-refractivity contribution in [3.8, 4) is 0 Å². The van der Waals surface area contributed by atoms with E-state index in [0.717, 1.165) is 24.2 Å². The second-order valence-electron chi connectivity index (χ2n) is 5.29. The topological polar surface area (TPSA) is 32.7 Å². The highest BCUT2D eigenvalue weighted by Gasteiger charge is 2.09. The summed E-state index contributed by atoms with van der Waals surface area (Å²) in [7, 11) is 1.94. The molecule has 2 aromatic rings. The first kappa shape index (κ1) is 16.0. The average molecular weight is 294 g/mol. The molecule has 0 unspecified atom stereocenters. The Hall–Kier alpha value is -2.42. The quantitative estimate of drug-likeness (QED) is 0.436. The fourth-order valence-corrected chi connectivity index (χ4v) is 2.27. The molecule has 0 aliphatic heterocycles. The van der Waals surface area contributed by atoms with Crippen LogP contribution in [0.25, 0.3) is 0 Å². The molecule has 3 heteroatoms. The van der Waals surface area contributed by atoms with E-state index in [4.69, 9.17) is 0 Å². The van der Waals surface area contributed by atoms with E-state index in [1.165, 1.54) is 5.56 Å². The standard InChI is InChI=1S/C19H22N2O/c1-3-18(14-19(22)17-12-8-5-9-13-17)20-21(2)15-16-10-6-4-7-11-16/h4-13H,3,14-15H2,1-2H3. The SMILES string of the molecule is CCC(CC(=O)c1ccccc1)=NN(C)Cc1ccccc1. The van der Waals surface area contributed by atoms with Gasteiger partial charge in [0.2, 0.25) is 0 Å². The maximum atomic E-state index is 12.3. The van der Waals surface area contributed by atoms with Gasteiger partial charge < -0.3 is 0 Å². The second-order valence-corrected chi connectivity index (χ2v) is 5.29. The smallest absolute Gasteiger partial charge is 0.168 e. The molecular formula is C19H22N2O. The van der Waals surface area contributed by atoms with Gasteiger partial charge in [-0.2, -0.15) is 5.10 Å². The number of hydrogen-bond donors (Lipinski definition) is 0. The maximum absolute atomic E-state index is 12.3. The van der Waals surface area contributed by atoms with Gasteiger partial charge >= 0.3 is 0 Å². The number of rotatable bonds is 7. The third kappa shape index (κ3) is 4.85. The van der Waals surface area contributed by atoms with Gasteiger partial charge in [-0.05, 0) is 12.0 Å². The summed E-state index contributed by atoms with van der Waals surface area (Å²) < 4.78 is 0. The van der Waals surface area contributed by atoms with Crippen LogP contribution in [-0.4, -0.2) is 23.6 Å². The lowest BCUT2D eigenvalue weighted by molar-refractivity contribution is 0.0999. The molecule has 3 nitrogen and oxygen atoms in total. The molecule has 0 amide bonds. The Morgan fingerprint density at radius 3 is 2.18 bits per heavy atom. The molecule has 0 bridgehead atoms. The summed E-state index contributed by atoms with van der Waals surface area (Å²) in [4.78, 5) is 12.3. The molecule has 0 heterocycles. The number of carbonyl (C=O) groups excluding carboxylic acids is 1. The van der Waals surface area contributed by atoms with Crippen molar-refractivity contribution in [1.82, 2.24) is 5.01 Å². The number of ketones is 1. The van der Waals surface area contributed by atoms with Crippen LogP contribution in [0.1, 0.15) is 35.7 Å². The molecule has 0 aliphatic carbocycles. The summed E-state index contributed by atoms with van der Waals surface area (Å²) in [6.07, 6.45) is 1.15. The van der Waals surface area contributed by atoms with E-state index in [0.29, 0.717) is 6.42 Å². The zero-order chi connectivity index (χ0) is 15.8. The van der Waals surface area contributed by atoms with Crippen LogP contribution in [0.2, 0.25) is 0 Å². The van der Waals surface area contributed by atoms with Crippen LogP contribution in [0.4, 0.5) is 0 Å². The molecular weight excluding hydrogens is 272 g/mol. The predicted octanol–water partition coefficient (Wildman–Crippen LogP) is 4.16. The lowest BCUT2D eigenvalue weighted by atomic mass is 10.0. The van der Waals surface area contributed by atoms with E-state index < -0.39 is 0 Å². The molecule has 0 aromatic heterocycles. The number of benzene rings is 2. The largest absolute Gasteiger partial charge is 0.296 e. The molecule has 0 fully saturated rings. The van der Waals surface area contributed by atoms with Crippen molar-refractivity contribution in [3.63, 3.8) is 0 Å². The first-order valence-corrected chi connectivity index (χ1v) is 7.58. The number of nitrogens with zero attached hydrogens (tertiary/aromatic N) is 2. The Morgan fingerprint density at radius 1 is 1.00 bits per heavy atom. The molecule has 0 aliphatic rings. The summed E-state index contributed by atoms with van der Waals surface area (Å²) in [5.74, 6) is 0.120. The van der Waals surface area contributed by atoms with E-state index >= 15 is 0 Å². The first-order chi connectivity index (χ1) is 10.7. The molecule has 0 spiro atoms. The van der Waals surface area contributed by atoms with Gasteiger partial charge in [0.15, 0.2) is 5.78 Å². The predicted molar refractivity (Wildman–Crippen MR) is 91.0 cm³/mol. The molecule has 2 rings (SSSR count). The highest BCUT2D eigenvalue weighted by Crippen LogP contribution is 2.08. The Kier molecular flexibility index (Phi) is 5.90. The fourth-order valence-electron chi connectivity index (χ4n) is 2.27. The lowest BCUT2D eigenvalue weighted by Crippen LogP contribution is -2.16. The van der Waals surface area contributed by atoms with E-state index in [2.05, 4.69) is 17.2 Å². The highest BCUT2D eigenvalue weighted by atomic mass is 16.1. The van der Waals surface area contributed by atoms with Crippen molar-refractivity contribution in [2.75, 3.05) is 7.05 Å². The molecule has 22 heavy (non-hydrogen) atoms. The minimum absolute atomic E-state index is 0.120.